The van der Waals surface area contributed by atoms with Gasteiger partial charge in [0.15, 0.2) is 0 Å². The van der Waals surface area contributed by atoms with Gasteiger partial charge in [-0.25, -0.2) is 0 Å². The lowest BCUT2D eigenvalue weighted by molar-refractivity contribution is -0.112. The van der Waals surface area contributed by atoms with Crippen molar-refractivity contribution in [2.45, 2.75) is 18.9 Å². The summed E-state index contributed by atoms with van der Waals surface area (Å²) in [6.07, 6.45) is 1.41. The number of carbonyl (C=O) groups excluding carboxylic acids is 1. The van der Waals surface area contributed by atoms with Gasteiger partial charge in [-0.15, -0.1) is 0 Å². The lowest BCUT2D eigenvalue weighted by Gasteiger charge is -2.07. The quantitative estimate of drug-likeness (QED) is 0.647. The second-order valence-corrected chi connectivity index (χ2v) is 3.60. The Balaban J connectivity index is 2.10. The molecule has 0 spiro atoms. The average Bonchev–Trinajstić information content (AvgIpc) is 2.37. The average molecular weight is 176 g/mol. The number of thioether (sulfide) groups is 1. The van der Waals surface area contributed by atoms with Crippen LogP contribution in [-0.4, -0.2) is 30.1 Å². The molecule has 1 atom stereocenters. The summed E-state index contributed by atoms with van der Waals surface area (Å²) in [6, 6.07) is -0.00782. The van der Waals surface area contributed by atoms with Crippen molar-refractivity contribution in [3.63, 3.8) is 0 Å². The smallest absolute Gasteiger partial charge is 0.205 e. The molecule has 64 valence electrons. The maximum Gasteiger partial charge on any atom is 0.205 e. The number of nitrogens with one attached hydrogen (secondary N) is 1. The van der Waals surface area contributed by atoms with Crippen LogP contribution in [0.2, 0.25) is 0 Å². The molecule has 0 amide bonds. The van der Waals surface area contributed by atoms with Crippen molar-refractivity contribution < 1.29 is 9.18 Å². The highest BCUT2D eigenvalue weighted by Crippen LogP contribution is 2.18. The maximum atomic E-state index is 11.6. The van der Waals surface area contributed by atoms with E-state index in [1.54, 1.807) is 0 Å². The van der Waals surface area contributed by atoms with Crippen LogP contribution in [0.3, 0.4) is 0 Å². The molecule has 1 saturated heterocycles. The molecule has 1 N–H and O–H groups in total. The van der Waals surface area contributed by atoms with Crippen LogP contribution in [-0.2, 0) is 4.79 Å². The molecule has 0 unspecified atom stereocenters. The van der Waals surface area contributed by atoms with Gasteiger partial charge < -0.3 is 5.32 Å². The van der Waals surface area contributed by atoms with Crippen LogP contribution in [0.25, 0.3) is 0 Å². The van der Waals surface area contributed by atoms with Crippen molar-refractivity contribution in [1.82, 2.24) is 5.32 Å². The molecular formula is C7H12FNOS. The largest absolute Gasteiger partial charge is 0.307 e. The highest BCUT2D eigenvalue weighted by molar-refractivity contribution is 8.14. The second-order valence-electron chi connectivity index (χ2n) is 2.51. The van der Waals surface area contributed by atoms with Crippen LogP contribution in [0.4, 0.5) is 4.39 Å². The Morgan fingerprint density at radius 1 is 1.73 bits per heavy atom. The van der Waals surface area contributed by atoms with E-state index in [1.807, 2.05) is 0 Å². The first-order chi connectivity index (χ1) is 5.34. The highest BCUT2D eigenvalue weighted by Gasteiger charge is 2.23. The third-order valence-corrected chi connectivity index (χ3v) is 2.65. The van der Waals surface area contributed by atoms with E-state index < -0.39 is 0 Å². The fourth-order valence-electron chi connectivity index (χ4n) is 1.02. The number of rotatable bonds is 4. The summed E-state index contributed by atoms with van der Waals surface area (Å²) in [6.45, 7) is 0.314. The zero-order valence-electron chi connectivity index (χ0n) is 6.31. The molecule has 0 aromatic carbocycles. The van der Waals surface area contributed by atoms with Gasteiger partial charge in [-0.2, -0.15) is 0 Å². The number of carbonyl (C=O) groups is 1. The Hall–Kier alpha value is -0.0900. The Kier molecular flexibility index (Phi) is 3.86. The standard InChI is InChI=1S/C7H12FNOS/c8-3-1-4-9-6-2-5-11-7(6)10/h6,9H,1-5H2/t6-/m0/s1/i8-1. The van der Waals surface area contributed by atoms with Crippen molar-refractivity contribution in [2.24, 2.45) is 0 Å². The molecule has 1 aliphatic heterocycles. The molecular weight excluding hydrogens is 164 g/mol. The predicted octanol–water partition coefficient (Wildman–Crippen LogP) is 0.968. The Bertz CT molecular complexity index is 142. The van der Waals surface area contributed by atoms with Gasteiger partial charge in [0.25, 0.3) is 0 Å². The summed E-state index contributed by atoms with van der Waals surface area (Å²) in [5.74, 6) is 0.909. The van der Waals surface area contributed by atoms with Gasteiger partial charge in [-0.1, -0.05) is 11.8 Å². The Labute approximate surface area is 69.9 Å². The molecule has 1 rings (SSSR count). The summed E-state index contributed by atoms with van der Waals surface area (Å²) in [5.41, 5.74) is 0. The van der Waals surface area contributed by atoms with E-state index in [0.29, 0.717) is 13.0 Å². The minimum atomic E-state index is -0.305. The van der Waals surface area contributed by atoms with Crippen molar-refractivity contribution in [1.29, 1.82) is 0 Å². The number of halogens is 1. The van der Waals surface area contributed by atoms with Crippen LogP contribution in [0.5, 0.6) is 0 Å². The molecule has 4 heteroatoms. The predicted molar refractivity (Wildman–Crippen MR) is 44.5 cm³/mol. The van der Waals surface area contributed by atoms with Gasteiger partial charge >= 0.3 is 0 Å². The van der Waals surface area contributed by atoms with Gasteiger partial charge in [-0.3, -0.25) is 9.18 Å². The monoisotopic (exact) mass is 176 g/mol. The summed E-state index contributed by atoms with van der Waals surface area (Å²) >= 11 is 1.37. The molecule has 1 aliphatic rings. The number of hydrogen-bond acceptors (Lipinski definition) is 3. The second kappa shape index (κ2) is 4.72. The minimum Gasteiger partial charge on any atom is -0.307 e. The van der Waals surface area contributed by atoms with E-state index in [9.17, 15) is 9.18 Å². The first-order valence-electron chi connectivity index (χ1n) is 3.80. The zero-order chi connectivity index (χ0) is 8.10. The van der Waals surface area contributed by atoms with Gasteiger partial charge in [-0.05, 0) is 19.4 Å². The van der Waals surface area contributed by atoms with E-state index in [0.717, 1.165) is 12.2 Å². The van der Waals surface area contributed by atoms with Crippen molar-refractivity contribution >= 4 is 16.9 Å². The molecule has 1 heterocycles. The topological polar surface area (TPSA) is 29.1 Å². The van der Waals surface area contributed by atoms with Crippen LogP contribution in [0.1, 0.15) is 12.8 Å². The third kappa shape index (κ3) is 2.79. The van der Waals surface area contributed by atoms with E-state index in [2.05, 4.69) is 5.32 Å². The van der Waals surface area contributed by atoms with Crippen LogP contribution in [0, 0.1) is 0 Å². The van der Waals surface area contributed by atoms with Crippen LogP contribution in [0.15, 0.2) is 0 Å². The molecule has 0 radical (unpaired) electrons. The van der Waals surface area contributed by atoms with Crippen molar-refractivity contribution in [2.75, 3.05) is 19.0 Å². The van der Waals surface area contributed by atoms with Crippen molar-refractivity contribution in [3.05, 3.63) is 0 Å². The fraction of sp³-hybridized carbons (Fsp3) is 0.857. The highest BCUT2D eigenvalue weighted by atomic mass is 32.2. The van der Waals surface area contributed by atoms with E-state index in [-0.39, 0.29) is 17.8 Å². The van der Waals surface area contributed by atoms with Crippen LogP contribution < -0.4 is 5.32 Å². The minimum absolute atomic E-state index is 0.00782. The van der Waals surface area contributed by atoms with Crippen molar-refractivity contribution in [3.8, 4) is 0 Å². The summed E-state index contributed by atoms with van der Waals surface area (Å²) in [4.78, 5) is 11.0. The van der Waals surface area contributed by atoms with E-state index in [1.165, 1.54) is 11.8 Å². The Morgan fingerprint density at radius 2 is 2.55 bits per heavy atom. The van der Waals surface area contributed by atoms with Gasteiger partial charge in [0.1, 0.15) is 0 Å². The van der Waals surface area contributed by atoms with Gasteiger partial charge in [0, 0.05) is 5.75 Å². The molecule has 1 fully saturated rings. The molecule has 0 saturated carbocycles. The summed E-state index contributed by atoms with van der Waals surface area (Å²) in [7, 11) is 0. The molecule has 2 nitrogen and oxygen atoms in total. The fourth-order valence-corrected chi connectivity index (χ4v) is 1.98. The molecule has 0 bridgehead atoms. The lowest BCUT2D eigenvalue weighted by atomic mass is 10.2. The lowest BCUT2D eigenvalue weighted by Crippen LogP contribution is -2.32. The Morgan fingerprint density at radius 3 is 3.09 bits per heavy atom. The summed E-state index contributed by atoms with van der Waals surface area (Å²) < 4.78 is 11.6. The van der Waals surface area contributed by atoms with Crippen LogP contribution >= 0.6 is 11.8 Å². The molecule has 0 aromatic heterocycles. The first kappa shape index (κ1) is 9.00. The third-order valence-electron chi connectivity index (χ3n) is 1.64. The summed E-state index contributed by atoms with van der Waals surface area (Å²) in [5, 5.41) is 3.23. The zero-order valence-corrected chi connectivity index (χ0v) is 7.12. The number of hydrogen-bond donors (Lipinski definition) is 1. The van der Waals surface area contributed by atoms with Gasteiger partial charge in [0.05, 0.1) is 12.7 Å². The normalized spacial score (nSPS) is 24.5. The molecule has 11 heavy (non-hydrogen) atoms. The SMILES string of the molecule is O=C1SCC[C@@H]1NCCC[18F]. The first-order valence-corrected chi connectivity index (χ1v) is 4.79. The maximum absolute atomic E-state index is 11.6. The van der Waals surface area contributed by atoms with E-state index in [4.69, 9.17) is 0 Å². The molecule has 0 aliphatic carbocycles. The van der Waals surface area contributed by atoms with E-state index >= 15 is 0 Å². The number of alkyl halides is 1. The molecule has 0 aromatic rings. The van der Waals surface area contributed by atoms with Gasteiger partial charge in [0.2, 0.25) is 5.12 Å².